The van der Waals surface area contributed by atoms with E-state index in [4.69, 9.17) is 4.74 Å². The number of ether oxygens (including phenoxy) is 1. The molecule has 0 aliphatic heterocycles. The van der Waals surface area contributed by atoms with E-state index in [-0.39, 0.29) is 18.2 Å². The molecule has 4 aromatic rings. The molecule has 0 spiro atoms. The summed E-state index contributed by atoms with van der Waals surface area (Å²) in [6.45, 7) is 0.779. The maximum absolute atomic E-state index is 12.4. The smallest absolute Gasteiger partial charge is 0.257 e. The van der Waals surface area contributed by atoms with Crippen LogP contribution in [0.3, 0.4) is 0 Å². The first-order chi connectivity index (χ1) is 16.2. The lowest BCUT2D eigenvalue weighted by molar-refractivity contribution is -0.120. The largest absolute Gasteiger partial charge is 0.473 e. The number of hydrogen-bond acceptors (Lipinski definition) is 6. The number of carbonyl (C=O) groups is 2. The molecule has 0 bridgehead atoms. The van der Waals surface area contributed by atoms with Gasteiger partial charge in [0, 0.05) is 29.8 Å². The van der Waals surface area contributed by atoms with Crippen LogP contribution in [0.15, 0.2) is 84.4 Å². The molecule has 33 heavy (non-hydrogen) atoms. The minimum absolute atomic E-state index is 0.125. The Hall–Kier alpha value is -4.04. The van der Waals surface area contributed by atoms with Crippen molar-refractivity contribution in [3.8, 4) is 5.88 Å². The van der Waals surface area contributed by atoms with Gasteiger partial charge in [-0.05, 0) is 29.3 Å². The van der Waals surface area contributed by atoms with E-state index in [1.807, 2.05) is 48.5 Å². The molecule has 2 aromatic carbocycles. The Kier molecular flexibility index (Phi) is 7.40. The predicted molar refractivity (Wildman–Crippen MR) is 127 cm³/mol. The Labute approximate surface area is 195 Å². The minimum Gasteiger partial charge on any atom is -0.473 e. The predicted octanol–water partition coefficient (Wildman–Crippen LogP) is 4.23. The van der Waals surface area contributed by atoms with Gasteiger partial charge in [0.2, 0.25) is 11.8 Å². The molecule has 0 aliphatic rings. The molecule has 0 saturated carbocycles. The molecule has 2 heterocycles. The Bertz CT molecular complexity index is 1210. The molecule has 8 heteroatoms. The number of anilines is 1. The minimum atomic E-state index is -0.232. The standard InChI is InChI=1S/C25H22N4O3S/c30-22(14-21-17-33-25(28-21)29-24(31)20-9-5-2-6-10-20)27-15-19-11-12-26-23(13-19)32-16-18-7-3-1-4-8-18/h1-13,17H,14-16H2,(H,27,30)(H,28,29,31). The number of carbonyl (C=O) groups excluding carboxylic acids is 2. The number of rotatable bonds is 9. The number of pyridine rings is 1. The summed E-state index contributed by atoms with van der Waals surface area (Å²) in [5, 5.41) is 7.86. The van der Waals surface area contributed by atoms with Crippen molar-refractivity contribution < 1.29 is 14.3 Å². The second kappa shape index (κ2) is 11.0. The first-order valence-electron chi connectivity index (χ1n) is 10.3. The number of thiazole rings is 1. The molecule has 0 saturated heterocycles. The molecule has 2 aromatic heterocycles. The van der Waals surface area contributed by atoms with E-state index in [0.29, 0.717) is 35.4 Å². The van der Waals surface area contributed by atoms with Crippen LogP contribution >= 0.6 is 11.3 Å². The maximum atomic E-state index is 12.4. The molecule has 0 aliphatic carbocycles. The number of benzene rings is 2. The van der Waals surface area contributed by atoms with Crippen molar-refractivity contribution in [2.24, 2.45) is 0 Å². The van der Waals surface area contributed by atoms with Gasteiger partial charge in [-0.25, -0.2) is 9.97 Å². The molecule has 0 unspecified atom stereocenters. The highest BCUT2D eigenvalue weighted by atomic mass is 32.1. The first kappa shape index (κ1) is 22.2. The van der Waals surface area contributed by atoms with Crippen molar-refractivity contribution in [1.29, 1.82) is 0 Å². The van der Waals surface area contributed by atoms with Gasteiger partial charge in [0.1, 0.15) is 6.61 Å². The first-order valence-corrected chi connectivity index (χ1v) is 11.2. The van der Waals surface area contributed by atoms with Crippen molar-refractivity contribution in [3.05, 3.63) is 107 Å². The molecular formula is C25H22N4O3S. The second-order valence-corrected chi connectivity index (χ2v) is 8.05. The maximum Gasteiger partial charge on any atom is 0.257 e. The summed E-state index contributed by atoms with van der Waals surface area (Å²) in [4.78, 5) is 33.1. The van der Waals surface area contributed by atoms with E-state index in [1.54, 1.807) is 35.8 Å². The van der Waals surface area contributed by atoms with Crippen molar-refractivity contribution in [3.63, 3.8) is 0 Å². The fourth-order valence-electron chi connectivity index (χ4n) is 3.00. The third-order valence-electron chi connectivity index (χ3n) is 4.67. The number of nitrogens with zero attached hydrogens (tertiary/aromatic N) is 2. The Morgan fingerprint density at radius 2 is 1.70 bits per heavy atom. The number of hydrogen-bond donors (Lipinski definition) is 2. The highest BCUT2D eigenvalue weighted by Gasteiger charge is 2.11. The lowest BCUT2D eigenvalue weighted by atomic mass is 10.2. The molecule has 7 nitrogen and oxygen atoms in total. The van der Waals surface area contributed by atoms with Crippen LogP contribution in [0.5, 0.6) is 5.88 Å². The van der Waals surface area contributed by atoms with Crippen LogP contribution in [-0.4, -0.2) is 21.8 Å². The van der Waals surface area contributed by atoms with Crippen LogP contribution in [0, 0.1) is 0 Å². The van der Waals surface area contributed by atoms with Crippen LogP contribution in [0.25, 0.3) is 0 Å². The molecular weight excluding hydrogens is 436 g/mol. The Morgan fingerprint density at radius 1 is 0.939 bits per heavy atom. The van der Waals surface area contributed by atoms with Crippen molar-refractivity contribution in [2.45, 2.75) is 19.6 Å². The number of amides is 2. The monoisotopic (exact) mass is 458 g/mol. The van der Waals surface area contributed by atoms with Gasteiger partial charge >= 0.3 is 0 Å². The zero-order chi connectivity index (χ0) is 22.9. The van der Waals surface area contributed by atoms with E-state index in [1.165, 1.54) is 11.3 Å². The quantitative estimate of drug-likeness (QED) is 0.392. The van der Waals surface area contributed by atoms with E-state index in [0.717, 1.165) is 11.1 Å². The lowest BCUT2D eigenvalue weighted by Crippen LogP contribution is -2.24. The average Bonchev–Trinajstić information content (AvgIpc) is 3.29. The zero-order valence-electron chi connectivity index (χ0n) is 17.7. The van der Waals surface area contributed by atoms with Gasteiger partial charge in [-0.15, -0.1) is 11.3 Å². The highest BCUT2D eigenvalue weighted by Crippen LogP contribution is 2.17. The normalized spacial score (nSPS) is 10.4. The number of nitrogens with one attached hydrogen (secondary N) is 2. The summed E-state index contributed by atoms with van der Waals surface area (Å²) in [6, 6.07) is 22.4. The van der Waals surface area contributed by atoms with Crippen LogP contribution in [0.1, 0.15) is 27.2 Å². The van der Waals surface area contributed by atoms with Gasteiger partial charge in [-0.2, -0.15) is 0 Å². The van der Waals surface area contributed by atoms with Gasteiger partial charge in [0.05, 0.1) is 12.1 Å². The molecule has 0 fully saturated rings. The van der Waals surface area contributed by atoms with Crippen LogP contribution < -0.4 is 15.4 Å². The second-order valence-electron chi connectivity index (χ2n) is 7.19. The zero-order valence-corrected chi connectivity index (χ0v) is 18.5. The molecule has 2 N–H and O–H groups in total. The Balaban J connectivity index is 1.25. The highest BCUT2D eigenvalue weighted by molar-refractivity contribution is 7.14. The Morgan fingerprint density at radius 3 is 2.48 bits per heavy atom. The third kappa shape index (κ3) is 6.72. The molecule has 166 valence electrons. The van der Waals surface area contributed by atoms with E-state index < -0.39 is 0 Å². The summed E-state index contributed by atoms with van der Waals surface area (Å²) in [5.41, 5.74) is 3.09. The van der Waals surface area contributed by atoms with Crippen LogP contribution in [0.2, 0.25) is 0 Å². The fraction of sp³-hybridized carbons (Fsp3) is 0.120. The van der Waals surface area contributed by atoms with E-state index in [9.17, 15) is 9.59 Å². The summed E-state index contributed by atoms with van der Waals surface area (Å²) in [5.74, 6) is 0.109. The van der Waals surface area contributed by atoms with Crippen LogP contribution in [0.4, 0.5) is 5.13 Å². The SMILES string of the molecule is O=C(Cc1csc(NC(=O)c2ccccc2)n1)NCc1ccnc(OCc2ccccc2)c1. The van der Waals surface area contributed by atoms with Gasteiger partial charge < -0.3 is 10.1 Å². The molecule has 2 amide bonds. The van der Waals surface area contributed by atoms with E-state index >= 15 is 0 Å². The molecule has 4 rings (SSSR count). The fourth-order valence-corrected chi connectivity index (χ4v) is 3.71. The summed E-state index contributed by atoms with van der Waals surface area (Å²) in [6.07, 6.45) is 1.78. The summed E-state index contributed by atoms with van der Waals surface area (Å²) < 4.78 is 5.73. The van der Waals surface area contributed by atoms with Gasteiger partial charge in [0.15, 0.2) is 5.13 Å². The van der Waals surface area contributed by atoms with Gasteiger partial charge in [0.25, 0.3) is 5.91 Å². The van der Waals surface area contributed by atoms with Crippen LogP contribution in [-0.2, 0) is 24.4 Å². The number of aromatic nitrogens is 2. The van der Waals surface area contributed by atoms with Crippen molar-refractivity contribution >= 4 is 28.3 Å². The van der Waals surface area contributed by atoms with Crippen molar-refractivity contribution in [1.82, 2.24) is 15.3 Å². The van der Waals surface area contributed by atoms with Gasteiger partial charge in [-0.1, -0.05) is 48.5 Å². The lowest BCUT2D eigenvalue weighted by Gasteiger charge is -2.08. The summed E-state index contributed by atoms with van der Waals surface area (Å²) in [7, 11) is 0. The third-order valence-corrected chi connectivity index (χ3v) is 5.47. The topological polar surface area (TPSA) is 93.2 Å². The summed E-state index contributed by atoms with van der Waals surface area (Å²) >= 11 is 1.29. The van der Waals surface area contributed by atoms with E-state index in [2.05, 4.69) is 20.6 Å². The van der Waals surface area contributed by atoms with Crippen molar-refractivity contribution in [2.75, 3.05) is 5.32 Å². The molecule has 0 atom stereocenters. The van der Waals surface area contributed by atoms with Gasteiger partial charge in [-0.3, -0.25) is 14.9 Å². The average molecular weight is 459 g/mol. The molecule has 0 radical (unpaired) electrons.